The molecule has 1 unspecified atom stereocenters. The molecule has 0 saturated carbocycles. The molecule has 4 nitrogen and oxygen atoms in total. The van der Waals surface area contributed by atoms with Crippen LogP contribution in [0.5, 0.6) is 5.75 Å². The molecular formula is C17H23N3O. The summed E-state index contributed by atoms with van der Waals surface area (Å²) in [5, 5.41) is 3.50. The van der Waals surface area contributed by atoms with E-state index >= 15 is 0 Å². The number of hydrogen-bond acceptors (Lipinski definition) is 3. The van der Waals surface area contributed by atoms with Crippen molar-refractivity contribution in [3.63, 3.8) is 0 Å². The Labute approximate surface area is 125 Å². The molecule has 2 heterocycles. The highest BCUT2D eigenvalue weighted by Crippen LogP contribution is 2.21. The molecule has 0 aliphatic carbocycles. The van der Waals surface area contributed by atoms with Crippen LogP contribution in [0.3, 0.4) is 0 Å². The molecule has 0 spiro atoms. The monoisotopic (exact) mass is 285 g/mol. The Morgan fingerprint density at radius 2 is 2.14 bits per heavy atom. The summed E-state index contributed by atoms with van der Waals surface area (Å²) >= 11 is 0. The number of nitrogens with zero attached hydrogens (tertiary/aromatic N) is 1. The molecule has 21 heavy (non-hydrogen) atoms. The Morgan fingerprint density at radius 3 is 2.86 bits per heavy atom. The van der Waals surface area contributed by atoms with Crippen molar-refractivity contribution in [1.82, 2.24) is 15.3 Å². The van der Waals surface area contributed by atoms with Gasteiger partial charge in [-0.25, -0.2) is 4.98 Å². The van der Waals surface area contributed by atoms with Gasteiger partial charge in [-0.3, -0.25) is 0 Å². The summed E-state index contributed by atoms with van der Waals surface area (Å²) < 4.78 is 5.61. The first-order chi connectivity index (χ1) is 10.3. The van der Waals surface area contributed by atoms with Crippen LogP contribution in [0.4, 0.5) is 0 Å². The molecule has 1 atom stereocenters. The lowest BCUT2D eigenvalue weighted by atomic mass is 10.1. The lowest BCUT2D eigenvalue weighted by Gasteiger charge is -2.07. The lowest BCUT2D eigenvalue weighted by Crippen LogP contribution is -2.24. The molecule has 0 bridgehead atoms. The van der Waals surface area contributed by atoms with Gasteiger partial charge in [0.15, 0.2) is 0 Å². The van der Waals surface area contributed by atoms with E-state index in [-0.39, 0.29) is 0 Å². The second-order valence-electron chi connectivity index (χ2n) is 5.61. The molecule has 1 aromatic heterocycles. The molecule has 0 radical (unpaired) electrons. The van der Waals surface area contributed by atoms with Crippen LogP contribution in [-0.2, 0) is 6.42 Å². The van der Waals surface area contributed by atoms with Gasteiger partial charge in [-0.1, -0.05) is 6.92 Å². The zero-order chi connectivity index (χ0) is 14.5. The van der Waals surface area contributed by atoms with E-state index < -0.39 is 0 Å². The highest BCUT2D eigenvalue weighted by molar-refractivity contribution is 5.59. The second-order valence-corrected chi connectivity index (χ2v) is 5.61. The summed E-state index contributed by atoms with van der Waals surface area (Å²) in [5.41, 5.74) is 2.22. The minimum atomic E-state index is 0.578. The summed E-state index contributed by atoms with van der Waals surface area (Å²) in [6.07, 6.45) is 6.46. The zero-order valence-corrected chi connectivity index (χ0v) is 12.6. The number of imidazole rings is 1. The molecular weight excluding hydrogens is 262 g/mol. The van der Waals surface area contributed by atoms with E-state index in [0.717, 1.165) is 48.8 Å². The minimum Gasteiger partial charge on any atom is -0.494 e. The van der Waals surface area contributed by atoms with E-state index in [0.29, 0.717) is 6.04 Å². The molecule has 4 heteroatoms. The fraction of sp³-hybridized carbons (Fsp3) is 0.471. The highest BCUT2D eigenvalue weighted by Gasteiger charge is 2.16. The van der Waals surface area contributed by atoms with Crippen molar-refractivity contribution in [2.45, 2.75) is 38.6 Å². The number of aromatic nitrogens is 2. The van der Waals surface area contributed by atoms with Crippen LogP contribution < -0.4 is 10.1 Å². The number of rotatable bonds is 6. The molecule has 1 aromatic carbocycles. The maximum atomic E-state index is 5.61. The van der Waals surface area contributed by atoms with Crippen LogP contribution in [0.25, 0.3) is 11.3 Å². The molecule has 1 fully saturated rings. The number of ether oxygens (including phenoxy) is 1. The predicted molar refractivity (Wildman–Crippen MR) is 84.5 cm³/mol. The molecule has 3 rings (SSSR count). The average Bonchev–Trinajstić information content (AvgIpc) is 3.18. The van der Waals surface area contributed by atoms with Gasteiger partial charge in [0.05, 0.1) is 18.5 Å². The highest BCUT2D eigenvalue weighted by atomic mass is 16.5. The summed E-state index contributed by atoms with van der Waals surface area (Å²) in [4.78, 5) is 7.93. The van der Waals surface area contributed by atoms with Gasteiger partial charge in [-0.2, -0.15) is 0 Å². The van der Waals surface area contributed by atoms with Crippen molar-refractivity contribution in [2.75, 3.05) is 13.2 Å². The minimum absolute atomic E-state index is 0.578. The molecule has 1 saturated heterocycles. The fourth-order valence-corrected chi connectivity index (χ4v) is 2.73. The van der Waals surface area contributed by atoms with E-state index in [1.807, 2.05) is 18.3 Å². The molecule has 1 aliphatic heterocycles. The van der Waals surface area contributed by atoms with Crippen molar-refractivity contribution < 1.29 is 4.74 Å². The number of benzene rings is 1. The molecule has 0 amide bonds. The number of hydrogen-bond donors (Lipinski definition) is 2. The van der Waals surface area contributed by atoms with E-state index in [1.54, 1.807) is 0 Å². The Bertz CT molecular complexity index is 556. The molecule has 1 aliphatic rings. The Hall–Kier alpha value is -1.81. The van der Waals surface area contributed by atoms with Crippen molar-refractivity contribution in [3.05, 3.63) is 36.3 Å². The second kappa shape index (κ2) is 6.76. The van der Waals surface area contributed by atoms with Gasteiger partial charge in [-0.05, 0) is 55.6 Å². The van der Waals surface area contributed by atoms with Crippen molar-refractivity contribution in [3.8, 4) is 17.0 Å². The van der Waals surface area contributed by atoms with Crippen molar-refractivity contribution in [2.24, 2.45) is 0 Å². The zero-order valence-electron chi connectivity index (χ0n) is 12.6. The predicted octanol–water partition coefficient (Wildman–Crippen LogP) is 3.16. The number of aromatic amines is 1. The third kappa shape index (κ3) is 3.64. The van der Waals surface area contributed by atoms with Gasteiger partial charge in [0.2, 0.25) is 0 Å². The summed E-state index contributed by atoms with van der Waals surface area (Å²) in [5.74, 6) is 1.99. The Morgan fingerprint density at radius 1 is 1.29 bits per heavy atom. The molecule has 2 N–H and O–H groups in total. The third-order valence-electron chi connectivity index (χ3n) is 3.87. The van der Waals surface area contributed by atoms with Crippen LogP contribution in [0.1, 0.15) is 32.0 Å². The van der Waals surface area contributed by atoms with E-state index in [4.69, 9.17) is 4.74 Å². The van der Waals surface area contributed by atoms with Gasteiger partial charge in [-0.15, -0.1) is 0 Å². The van der Waals surface area contributed by atoms with Crippen LogP contribution in [0, 0.1) is 0 Å². The number of H-pyrrole nitrogens is 1. The maximum Gasteiger partial charge on any atom is 0.119 e. The van der Waals surface area contributed by atoms with E-state index in [2.05, 4.69) is 34.3 Å². The van der Waals surface area contributed by atoms with Gasteiger partial charge in [0, 0.05) is 12.5 Å². The van der Waals surface area contributed by atoms with Crippen LogP contribution >= 0.6 is 0 Å². The lowest BCUT2D eigenvalue weighted by molar-refractivity contribution is 0.317. The summed E-state index contributed by atoms with van der Waals surface area (Å²) in [6, 6.07) is 8.77. The first-order valence-corrected chi connectivity index (χ1v) is 7.85. The van der Waals surface area contributed by atoms with Gasteiger partial charge < -0.3 is 15.0 Å². The number of nitrogens with one attached hydrogen (secondary N) is 2. The topological polar surface area (TPSA) is 49.9 Å². The largest absolute Gasteiger partial charge is 0.494 e. The smallest absolute Gasteiger partial charge is 0.119 e. The first kappa shape index (κ1) is 14.1. The average molecular weight is 285 g/mol. The quantitative estimate of drug-likeness (QED) is 0.857. The van der Waals surface area contributed by atoms with Crippen LogP contribution in [0.2, 0.25) is 0 Å². The summed E-state index contributed by atoms with van der Waals surface area (Å²) in [7, 11) is 0. The van der Waals surface area contributed by atoms with Gasteiger partial charge in [0.25, 0.3) is 0 Å². The van der Waals surface area contributed by atoms with Crippen molar-refractivity contribution in [1.29, 1.82) is 0 Å². The van der Waals surface area contributed by atoms with Gasteiger partial charge >= 0.3 is 0 Å². The SMILES string of the molecule is CCCOc1ccc(-c2cnc(CC3CCCN3)[nH]2)cc1. The van der Waals surface area contributed by atoms with Crippen molar-refractivity contribution >= 4 is 0 Å². The van der Waals surface area contributed by atoms with Crippen LogP contribution in [-0.4, -0.2) is 29.2 Å². The third-order valence-corrected chi connectivity index (χ3v) is 3.87. The van der Waals surface area contributed by atoms with Crippen LogP contribution in [0.15, 0.2) is 30.5 Å². The van der Waals surface area contributed by atoms with Gasteiger partial charge in [0.1, 0.15) is 11.6 Å². The Balaban J connectivity index is 1.64. The molecule has 2 aromatic rings. The Kier molecular flexibility index (Phi) is 4.55. The fourth-order valence-electron chi connectivity index (χ4n) is 2.73. The first-order valence-electron chi connectivity index (χ1n) is 7.85. The van der Waals surface area contributed by atoms with E-state index in [9.17, 15) is 0 Å². The normalized spacial score (nSPS) is 18.0. The summed E-state index contributed by atoms with van der Waals surface area (Å²) in [6.45, 7) is 4.01. The standard InChI is InChI=1S/C17H23N3O/c1-2-10-21-15-7-5-13(6-8-15)16-12-19-17(20-16)11-14-4-3-9-18-14/h5-8,12,14,18H,2-4,9-11H2,1H3,(H,19,20). The maximum absolute atomic E-state index is 5.61. The molecule has 112 valence electrons. The van der Waals surface area contributed by atoms with E-state index in [1.165, 1.54) is 12.8 Å².